The Morgan fingerprint density at radius 1 is 1.17 bits per heavy atom. The molecule has 0 amide bonds. The number of carbonyl (C=O) groups is 1. The van der Waals surface area contributed by atoms with Gasteiger partial charge in [0.2, 0.25) is 0 Å². The molecule has 0 radical (unpaired) electrons. The Balaban J connectivity index is 2.02. The molecule has 2 rings (SSSR count). The smallest absolute Gasteiger partial charge is 0.333 e. The van der Waals surface area contributed by atoms with E-state index in [0.29, 0.717) is 12.2 Å². The van der Waals surface area contributed by atoms with E-state index in [1.165, 1.54) is 16.7 Å². The monoisotopic (exact) mass is 240 g/mol. The zero-order valence-corrected chi connectivity index (χ0v) is 10.5. The molecule has 0 heterocycles. The van der Waals surface area contributed by atoms with Gasteiger partial charge in [0.05, 0.1) is 6.61 Å². The van der Waals surface area contributed by atoms with E-state index in [1.807, 2.05) is 18.2 Å². The summed E-state index contributed by atoms with van der Waals surface area (Å²) in [6.07, 6.45) is 0.729. The van der Waals surface area contributed by atoms with Gasteiger partial charge in [-0.05, 0) is 23.6 Å². The highest BCUT2D eigenvalue weighted by Gasteiger charge is 2.08. The average Bonchev–Trinajstić information content (AvgIpc) is 2.59. The number of hydrogen-bond acceptors (Lipinski definition) is 2. The molecular weight excluding hydrogens is 224 g/mol. The van der Waals surface area contributed by atoms with Gasteiger partial charge < -0.3 is 4.74 Å². The van der Waals surface area contributed by atoms with Crippen LogP contribution in [-0.2, 0) is 16.0 Å². The van der Waals surface area contributed by atoms with E-state index in [-0.39, 0.29) is 5.97 Å². The molecule has 2 aliphatic carbocycles. The van der Waals surface area contributed by atoms with Crippen molar-refractivity contribution in [1.82, 2.24) is 0 Å². The van der Waals surface area contributed by atoms with Crippen molar-refractivity contribution in [3.05, 3.63) is 60.2 Å². The number of esters is 1. The van der Waals surface area contributed by atoms with Gasteiger partial charge in [0.15, 0.2) is 0 Å². The molecule has 0 aromatic carbocycles. The Bertz CT molecular complexity index is 543. The van der Waals surface area contributed by atoms with Crippen molar-refractivity contribution in [2.75, 3.05) is 6.61 Å². The summed E-state index contributed by atoms with van der Waals surface area (Å²) >= 11 is 0. The first-order valence-electron chi connectivity index (χ1n) is 5.98. The third kappa shape index (κ3) is 2.77. The van der Waals surface area contributed by atoms with Crippen LogP contribution in [0.25, 0.3) is 11.1 Å². The zero-order valence-electron chi connectivity index (χ0n) is 10.5. The van der Waals surface area contributed by atoms with Crippen LogP contribution in [0.15, 0.2) is 54.6 Å². The Hall–Kier alpha value is -2.09. The van der Waals surface area contributed by atoms with Gasteiger partial charge in [-0.25, -0.2) is 4.79 Å². The first-order chi connectivity index (χ1) is 8.68. The van der Waals surface area contributed by atoms with Gasteiger partial charge in [-0.2, -0.15) is 0 Å². The third-order valence-corrected chi connectivity index (χ3v) is 2.83. The molecule has 0 fully saturated rings. The molecule has 92 valence electrons. The minimum Gasteiger partial charge on any atom is -0.462 e. The van der Waals surface area contributed by atoms with E-state index in [4.69, 9.17) is 4.74 Å². The molecule has 0 aromatic rings. The molecule has 0 N–H and O–H groups in total. The summed E-state index contributed by atoms with van der Waals surface area (Å²) in [7, 11) is 0. The molecule has 2 aliphatic rings. The van der Waals surface area contributed by atoms with E-state index < -0.39 is 0 Å². The van der Waals surface area contributed by atoms with E-state index >= 15 is 0 Å². The molecule has 18 heavy (non-hydrogen) atoms. The fraction of sp³-hybridized carbons (Fsp3) is 0.188. The minimum absolute atomic E-state index is 0.323. The largest absolute Gasteiger partial charge is 0.462 e. The van der Waals surface area contributed by atoms with Crippen LogP contribution in [0.2, 0.25) is 0 Å². The average molecular weight is 240 g/mol. The van der Waals surface area contributed by atoms with E-state index in [2.05, 4.69) is 30.8 Å². The molecule has 0 bridgehead atoms. The first kappa shape index (κ1) is 12.4. The summed E-state index contributed by atoms with van der Waals surface area (Å²) in [5.74, 6) is -0.323. The molecule has 0 aliphatic heterocycles. The molecule has 0 aromatic heterocycles. The Labute approximate surface area is 107 Å². The maximum atomic E-state index is 11.3. The zero-order chi connectivity index (χ0) is 13.0. The summed E-state index contributed by atoms with van der Waals surface area (Å²) in [5.41, 5.74) is 4.07. The third-order valence-electron chi connectivity index (χ3n) is 2.83. The minimum atomic E-state index is -0.323. The molecule has 2 heteroatoms. The normalized spacial score (nSPS) is 10.3. The summed E-state index contributed by atoms with van der Waals surface area (Å²) in [6.45, 7) is 5.60. The topological polar surface area (TPSA) is 26.3 Å². The van der Waals surface area contributed by atoms with Crippen LogP contribution in [0, 0.1) is 0 Å². The van der Waals surface area contributed by atoms with Gasteiger partial charge in [-0.15, -0.1) is 0 Å². The lowest BCUT2D eigenvalue weighted by molar-refractivity contribution is -0.138. The summed E-state index contributed by atoms with van der Waals surface area (Å²) < 4.78 is 5.11. The van der Waals surface area contributed by atoms with E-state index in [0.717, 1.165) is 6.42 Å². The molecule has 0 saturated heterocycles. The van der Waals surface area contributed by atoms with Gasteiger partial charge >= 0.3 is 5.97 Å². The SMILES string of the molecule is C=C(C)C(=O)OCCc1ccc2cccccc1-2. The van der Waals surface area contributed by atoms with Gasteiger partial charge in [0.25, 0.3) is 0 Å². The van der Waals surface area contributed by atoms with Crippen LogP contribution in [0.5, 0.6) is 0 Å². The lowest BCUT2D eigenvalue weighted by atomic mass is 10.1. The second-order valence-electron chi connectivity index (χ2n) is 4.30. The van der Waals surface area contributed by atoms with E-state index in [1.54, 1.807) is 6.92 Å². The van der Waals surface area contributed by atoms with E-state index in [9.17, 15) is 4.79 Å². The highest BCUT2D eigenvalue weighted by Crippen LogP contribution is 2.27. The van der Waals surface area contributed by atoms with Gasteiger partial charge in [0, 0.05) is 12.0 Å². The van der Waals surface area contributed by atoms with Crippen molar-refractivity contribution in [2.45, 2.75) is 13.3 Å². The predicted octanol–water partition coefficient (Wildman–Crippen LogP) is 3.45. The number of hydrogen-bond donors (Lipinski definition) is 0. The molecule has 0 spiro atoms. The van der Waals surface area contributed by atoms with Crippen molar-refractivity contribution in [3.8, 4) is 11.1 Å². The van der Waals surface area contributed by atoms with Crippen molar-refractivity contribution < 1.29 is 9.53 Å². The highest BCUT2D eigenvalue weighted by atomic mass is 16.5. The van der Waals surface area contributed by atoms with Crippen LogP contribution in [0.3, 0.4) is 0 Å². The van der Waals surface area contributed by atoms with Crippen LogP contribution < -0.4 is 0 Å². The summed E-state index contributed by atoms with van der Waals surface area (Å²) in [4.78, 5) is 11.3. The molecule has 0 atom stereocenters. The van der Waals surface area contributed by atoms with Gasteiger partial charge in [-0.1, -0.05) is 49.0 Å². The fourth-order valence-corrected chi connectivity index (χ4v) is 1.87. The predicted molar refractivity (Wildman–Crippen MR) is 72.5 cm³/mol. The summed E-state index contributed by atoms with van der Waals surface area (Å²) in [6, 6.07) is 14.4. The fourth-order valence-electron chi connectivity index (χ4n) is 1.87. The van der Waals surface area contributed by atoms with Crippen molar-refractivity contribution in [2.24, 2.45) is 0 Å². The second-order valence-corrected chi connectivity index (χ2v) is 4.30. The molecule has 0 unspecified atom stereocenters. The van der Waals surface area contributed by atoms with Crippen LogP contribution in [0.1, 0.15) is 12.5 Å². The number of ether oxygens (including phenoxy) is 1. The van der Waals surface area contributed by atoms with Crippen molar-refractivity contribution in [1.29, 1.82) is 0 Å². The van der Waals surface area contributed by atoms with Crippen LogP contribution in [-0.4, -0.2) is 12.6 Å². The van der Waals surface area contributed by atoms with Crippen LogP contribution in [0.4, 0.5) is 0 Å². The Morgan fingerprint density at radius 2 is 1.94 bits per heavy atom. The molecule has 2 nitrogen and oxygen atoms in total. The molecule has 0 saturated carbocycles. The lowest BCUT2D eigenvalue weighted by Gasteiger charge is -2.04. The van der Waals surface area contributed by atoms with Crippen LogP contribution >= 0.6 is 0 Å². The Morgan fingerprint density at radius 3 is 2.72 bits per heavy atom. The van der Waals surface area contributed by atoms with Gasteiger partial charge in [-0.3, -0.25) is 0 Å². The Kier molecular flexibility index (Phi) is 3.78. The lowest BCUT2D eigenvalue weighted by Crippen LogP contribution is -2.07. The maximum absolute atomic E-state index is 11.3. The first-order valence-corrected chi connectivity index (χ1v) is 5.98. The number of fused-ring (bicyclic) bond motifs is 1. The second kappa shape index (κ2) is 5.50. The number of rotatable bonds is 4. The van der Waals surface area contributed by atoms with Crippen molar-refractivity contribution >= 4 is 5.97 Å². The number of carbonyl (C=O) groups excluding carboxylic acids is 1. The highest BCUT2D eigenvalue weighted by molar-refractivity contribution is 5.86. The van der Waals surface area contributed by atoms with Gasteiger partial charge in [0.1, 0.15) is 0 Å². The van der Waals surface area contributed by atoms with Crippen molar-refractivity contribution in [3.63, 3.8) is 0 Å². The molecular formula is C16H16O2. The quantitative estimate of drug-likeness (QED) is 0.604. The summed E-state index contributed by atoms with van der Waals surface area (Å²) in [5, 5.41) is 0. The maximum Gasteiger partial charge on any atom is 0.333 e. The standard InChI is InChI=1S/C16H16O2/c1-12(2)16(17)18-11-10-14-9-8-13-6-4-3-5-7-15(13)14/h3-9H,1,10-11H2,2H3.